The zero-order valence-electron chi connectivity index (χ0n) is 20.3. The second-order valence-corrected chi connectivity index (χ2v) is 14.6. The van der Waals surface area contributed by atoms with Crippen LogP contribution in [0.5, 0.6) is 0 Å². The number of amides is 1. The number of sulfonamides is 2. The normalized spacial score (nSPS) is 29.6. The van der Waals surface area contributed by atoms with Crippen LogP contribution in [0.3, 0.4) is 0 Å². The molecule has 2 aliphatic carbocycles. The van der Waals surface area contributed by atoms with E-state index in [1.54, 1.807) is 17.0 Å². The minimum atomic E-state index is -4.32. The third kappa shape index (κ3) is 4.27. The number of likely N-dealkylation sites (tertiary alicyclic amines) is 1. The Balaban J connectivity index is 1.35. The van der Waals surface area contributed by atoms with Crippen LogP contribution in [-0.2, 0) is 42.7 Å². The van der Waals surface area contributed by atoms with Crippen LogP contribution in [0, 0.1) is 29.5 Å². The fourth-order valence-electron chi connectivity index (χ4n) is 6.48. The van der Waals surface area contributed by atoms with Gasteiger partial charge in [0.1, 0.15) is 21.5 Å². The number of piperidine rings is 1. The summed E-state index contributed by atoms with van der Waals surface area (Å²) >= 11 is 1.03. The van der Waals surface area contributed by atoms with E-state index in [1.165, 1.54) is 17.5 Å². The number of nitrogens with one attached hydrogen (secondary N) is 2. The Morgan fingerprint density at radius 2 is 1.89 bits per heavy atom. The van der Waals surface area contributed by atoms with E-state index in [4.69, 9.17) is 0 Å². The Kier molecular flexibility index (Phi) is 6.01. The summed E-state index contributed by atoms with van der Waals surface area (Å²) in [6, 6.07) is 5.56. The molecule has 38 heavy (non-hydrogen) atoms. The lowest BCUT2D eigenvalue weighted by Crippen LogP contribution is -2.61. The van der Waals surface area contributed by atoms with E-state index >= 15 is 0 Å². The Bertz CT molecular complexity index is 1580. The van der Waals surface area contributed by atoms with Crippen LogP contribution >= 0.6 is 11.3 Å². The number of rotatable bonds is 6. The summed E-state index contributed by atoms with van der Waals surface area (Å²) in [4.78, 5) is 29.2. The van der Waals surface area contributed by atoms with E-state index in [0.717, 1.165) is 36.9 Å². The Morgan fingerprint density at radius 3 is 2.61 bits per heavy atom. The molecule has 4 aliphatic rings. The minimum Gasteiger partial charge on any atom is -0.333 e. The molecule has 1 aromatic heterocycles. The maximum Gasteiger partial charge on any atom is 0.287 e. The Morgan fingerprint density at radius 1 is 1.18 bits per heavy atom. The number of ketones is 1. The van der Waals surface area contributed by atoms with Gasteiger partial charge in [-0.2, -0.15) is 8.42 Å². The molecule has 2 N–H and O–H groups in total. The molecule has 0 radical (unpaired) electrons. The fraction of sp³-hybridized carbons (Fsp3) is 0.458. The van der Waals surface area contributed by atoms with Crippen LogP contribution in [0.15, 0.2) is 38.9 Å². The molecule has 5 atom stereocenters. The van der Waals surface area contributed by atoms with Gasteiger partial charge in [0.2, 0.25) is 15.9 Å². The number of nitrogens with zero attached hydrogens (tertiary/aromatic N) is 2. The van der Waals surface area contributed by atoms with Crippen LogP contribution in [0.2, 0.25) is 0 Å². The standard InChI is InChI=1S/C24H25FN4O6S3/c1-37(32,33)26-9-15-11-36-23-21(15)38(34,35)28-22(27-23)18-20(30)17-13-4-5-14(8-13)19(17)29(24(18)31)10-12-2-6-16(25)7-3-12/h2-3,6-7,11,13-14,17-19,26H,4-5,8-10H2,1H3,(H,27,28)/t13-,14+,17+,18?,19-/m0/s1. The highest BCUT2D eigenvalue weighted by Gasteiger charge is 2.60. The monoisotopic (exact) mass is 580 g/mol. The molecule has 2 aliphatic heterocycles. The average Bonchev–Trinajstić information content (AvgIpc) is 3.56. The number of amidine groups is 1. The molecule has 2 bridgehead atoms. The maximum absolute atomic E-state index is 13.9. The average molecular weight is 581 g/mol. The van der Waals surface area contributed by atoms with Gasteiger partial charge in [-0.3, -0.25) is 9.59 Å². The second kappa shape index (κ2) is 8.93. The Hall–Kier alpha value is -2.68. The third-order valence-electron chi connectivity index (χ3n) is 7.97. The van der Waals surface area contributed by atoms with Gasteiger partial charge in [0.05, 0.1) is 6.26 Å². The summed E-state index contributed by atoms with van der Waals surface area (Å²) in [5, 5.41) is 4.60. The van der Waals surface area contributed by atoms with Gasteiger partial charge in [-0.1, -0.05) is 12.1 Å². The highest BCUT2D eigenvalue weighted by atomic mass is 32.2. The van der Waals surface area contributed by atoms with Gasteiger partial charge in [-0.25, -0.2) is 17.5 Å². The summed E-state index contributed by atoms with van der Waals surface area (Å²) in [5.74, 6) is -2.97. The lowest BCUT2D eigenvalue weighted by molar-refractivity contribution is -0.153. The van der Waals surface area contributed by atoms with Crippen molar-refractivity contribution in [2.24, 2.45) is 28.1 Å². The van der Waals surface area contributed by atoms with Crippen LogP contribution in [0.4, 0.5) is 9.39 Å². The lowest BCUT2D eigenvalue weighted by Gasteiger charge is -2.45. The molecule has 14 heteroatoms. The van der Waals surface area contributed by atoms with Crippen molar-refractivity contribution in [3.8, 4) is 0 Å². The third-order valence-corrected chi connectivity index (χ3v) is 11.1. The number of hydrogen-bond acceptors (Lipinski definition) is 8. The molecule has 1 saturated heterocycles. The largest absolute Gasteiger partial charge is 0.333 e. The molecule has 1 amide bonds. The van der Waals surface area contributed by atoms with Crippen molar-refractivity contribution in [1.29, 1.82) is 0 Å². The number of anilines is 1. The molecule has 1 aromatic carbocycles. The first-order valence-electron chi connectivity index (χ1n) is 12.2. The van der Waals surface area contributed by atoms with Crippen LogP contribution in [0.25, 0.3) is 0 Å². The van der Waals surface area contributed by atoms with E-state index in [9.17, 15) is 30.8 Å². The highest BCUT2D eigenvalue weighted by Crippen LogP contribution is 2.54. The van der Waals surface area contributed by atoms with Crippen LogP contribution in [0.1, 0.15) is 30.4 Å². The molecule has 1 unspecified atom stereocenters. The highest BCUT2D eigenvalue weighted by molar-refractivity contribution is 7.91. The molecule has 10 nitrogen and oxygen atoms in total. The molecule has 3 heterocycles. The molecule has 2 saturated carbocycles. The van der Waals surface area contributed by atoms with Crippen LogP contribution in [-0.4, -0.2) is 51.6 Å². The van der Waals surface area contributed by atoms with Crippen molar-refractivity contribution in [2.45, 2.75) is 43.3 Å². The van der Waals surface area contributed by atoms with Crippen LogP contribution < -0.4 is 10.0 Å². The fourth-order valence-corrected chi connectivity index (χ4v) is 9.54. The number of hydrogen-bond donors (Lipinski definition) is 2. The van der Waals surface area contributed by atoms with Crippen molar-refractivity contribution >= 4 is 53.9 Å². The van der Waals surface area contributed by atoms with Crippen molar-refractivity contribution in [1.82, 2.24) is 9.62 Å². The van der Waals surface area contributed by atoms with Gasteiger partial charge in [0, 0.05) is 30.6 Å². The predicted octanol–water partition coefficient (Wildman–Crippen LogP) is 2.09. The molecule has 202 valence electrons. The summed E-state index contributed by atoms with van der Waals surface area (Å²) in [6.45, 7) is -0.0607. The summed E-state index contributed by atoms with van der Waals surface area (Å²) < 4.78 is 69.1. The number of thiophene rings is 1. The lowest BCUT2D eigenvalue weighted by atomic mass is 9.73. The Labute approximate surface area is 223 Å². The van der Waals surface area contributed by atoms with E-state index < -0.39 is 43.6 Å². The number of Topliss-reactive ketones (excluding diaryl/α,β-unsaturated/α-hetero) is 1. The van der Waals surface area contributed by atoms with E-state index in [2.05, 4.69) is 14.4 Å². The molecular formula is C24H25FN4O6S3. The van der Waals surface area contributed by atoms with E-state index in [0.29, 0.717) is 5.56 Å². The SMILES string of the molecule is CS(=O)(=O)NCc1csc2c1S(=O)(=O)N=C(C1C(=O)[C@@H]3[C@H]4CC[C@H](C4)[C@@H]3N(Cc3ccc(F)cc3)C1=O)N2. The van der Waals surface area contributed by atoms with Crippen molar-refractivity contribution in [2.75, 3.05) is 11.6 Å². The summed E-state index contributed by atoms with van der Waals surface area (Å²) in [6.07, 6.45) is 3.61. The van der Waals surface area contributed by atoms with E-state index in [-0.39, 0.29) is 58.0 Å². The first kappa shape index (κ1) is 25.6. The zero-order valence-corrected chi connectivity index (χ0v) is 22.7. The molecule has 2 aromatic rings. The molecule has 3 fully saturated rings. The quantitative estimate of drug-likeness (QED) is 0.499. The van der Waals surface area contributed by atoms with Gasteiger partial charge >= 0.3 is 0 Å². The van der Waals surface area contributed by atoms with Gasteiger partial charge in [-0.05, 0) is 54.2 Å². The first-order valence-corrected chi connectivity index (χ1v) is 16.4. The molecular weight excluding hydrogens is 555 g/mol. The maximum atomic E-state index is 13.9. The number of fused-ring (bicyclic) bond motifs is 6. The van der Waals surface area contributed by atoms with E-state index in [1.807, 2.05) is 0 Å². The molecule has 0 spiro atoms. The van der Waals surface area contributed by atoms with Crippen molar-refractivity contribution < 1.29 is 30.8 Å². The summed E-state index contributed by atoms with van der Waals surface area (Å²) in [5.41, 5.74) is 0.933. The number of carbonyl (C=O) groups excluding carboxylic acids is 2. The molecule has 6 rings (SSSR count). The number of benzene rings is 1. The smallest absolute Gasteiger partial charge is 0.287 e. The van der Waals surface area contributed by atoms with Gasteiger partial charge in [-0.15, -0.1) is 15.7 Å². The van der Waals surface area contributed by atoms with Crippen molar-refractivity contribution in [3.05, 3.63) is 46.6 Å². The minimum absolute atomic E-state index is 0.121. The topological polar surface area (TPSA) is 142 Å². The predicted molar refractivity (Wildman–Crippen MR) is 138 cm³/mol. The van der Waals surface area contributed by atoms with Gasteiger partial charge in [0.25, 0.3) is 10.0 Å². The first-order chi connectivity index (χ1) is 17.9. The zero-order chi connectivity index (χ0) is 27.0. The van der Waals surface area contributed by atoms with Gasteiger partial charge < -0.3 is 10.2 Å². The second-order valence-electron chi connectivity index (χ2n) is 10.4. The van der Waals surface area contributed by atoms with Crippen molar-refractivity contribution in [3.63, 3.8) is 0 Å². The van der Waals surface area contributed by atoms with Gasteiger partial charge in [0.15, 0.2) is 11.7 Å². The summed E-state index contributed by atoms with van der Waals surface area (Å²) in [7, 11) is -7.89. The number of halogens is 1. The number of carbonyl (C=O) groups is 2.